The summed E-state index contributed by atoms with van der Waals surface area (Å²) in [6.07, 6.45) is 4.57. The molecule has 0 aliphatic carbocycles. The number of nitrogens with one attached hydrogen (secondary N) is 1. The van der Waals surface area contributed by atoms with Crippen molar-refractivity contribution >= 4 is 0 Å². The van der Waals surface area contributed by atoms with Crippen LogP contribution < -0.4 is 14.8 Å². The third-order valence-electron chi connectivity index (χ3n) is 5.65. The molecule has 3 aromatic rings. The zero-order valence-corrected chi connectivity index (χ0v) is 17.8. The maximum atomic E-state index is 6.03. The highest BCUT2D eigenvalue weighted by Crippen LogP contribution is 2.32. The van der Waals surface area contributed by atoms with Gasteiger partial charge in [0.05, 0.1) is 12.6 Å². The highest BCUT2D eigenvalue weighted by Gasteiger charge is 2.21. The summed E-state index contributed by atoms with van der Waals surface area (Å²) in [5.74, 6) is 1.89. The minimum Gasteiger partial charge on any atom is -0.494 e. The van der Waals surface area contributed by atoms with E-state index in [1.807, 2.05) is 18.2 Å². The van der Waals surface area contributed by atoms with E-state index in [1.165, 1.54) is 35.1 Å². The molecule has 3 heteroatoms. The summed E-state index contributed by atoms with van der Waals surface area (Å²) in [4.78, 5) is 0. The van der Waals surface area contributed by atoms with E-state index in [1.54, 1.807) is 0 Å². The first-order valence-electron chi connectivity index (χ1n) is 11.1. The van der Waals surface area contributed by atoms with E-state index in [0.717, 1.165) is 37.5 Å². The van der Waals surface area contributed by atoms with Crippen LogP contribution in [0.15, 0.2) is 72.8 Å². The summed E-state index contributed by atoms with van der Waals surface area (Å²) >= 11 is 0. The molecule has 3 nitrogen and oxygen atoms in total. The first-order chi connectivity index (χ1) is 14.8. The van der Waals surface area contributed by atoms with Gasteiger partial charge in [0.2, 0.25) is 0 Å². The quantitative estimate of drug-likeness (QED) is 0.442. The largest absolute Gasteiger partial charge is 0.494 e. The van der Waals surface area contributed by atoms with Crippen molar-refractivity contribution < 1.29 is 9.47 Å². The molecule has 0 aromatic heterocycles. The van der Waals surface area contributed by atoms with E-state index >= 15 is 0 Å². The molecular weight excluding hydrogens is 370 g/mol. The fourth-order valence-electron chi connectivity index (χ4n) is 3.97. The Balaban J connectivity index is 1.42. The molecule has 1 aliphatic rings. The Morgan fingerprint density at radius 2 is 1.67 bits per heavy atom. The van der Waals surface area contributed by atoms with E-state index in [-0.39, 0.29) is 6.04 Å². The summed E-state index contributed by atoms with van der Waals surface area (Å²) in [7, 11) is 0. The number of benzene rings is 3. The Labute approximate surface area is 180 Å². The van der Waals surface area contributed by atoms with E-state index < -0.39 is 0 Å². The molecule has 0 amide bonds. The van der Waals surface area contributed by atoms with Gasteiger partial charge < -0.3 is 14.8 Å². The van der Waals surface area contributed by atoms with Crippen molar-refractivity contribution in [2.24, 2.45) is 0 Å². The van der Waals surface area contributed by atoms with Gasteiger partial charge >= 0.3 is 0 Å². The summed E-state index contributed by atoms with van der Waals surface area (Å²) in [5, 5.41) is 3.67. The molecule has 156 valence electrons. The maximum absolute atomic E-state index is 6.03. The van der Waals surface area contributed by atoms with Crippen molar-refractivity contribution in [3.05, 3.63) is 95.1 Å². The van der Waals surface area contributed by atoms with E-state index in [2.05, 4.69) is 66.8 Å². The smallest absolute Gasteiger partial charge is 0.120 e. The SMILES string of the molecule is CCCCCOc1ccc(C2NCCc3cc(OCc4ccccc4)ccc32)cc1. The predicted octanol–water partition coefficient (Wildman–Crippen LogP) is 6.07. The van der Waals surface area contributed by atoms with E-state index in [0.29, 0.717) is 6.61 Å². The van der Waals surface area contributed by atoms with Crippen LogP contribution in [0.3, 0.4) is 0 Å². The molecule has 0 spiro atoms. The van der Waals surface area contributed by atoms with Crippen LogP contribution in [0.4, 0.5) is 0 Å². The molecule has 1 atom stereocenters. The van der Waals surface area contributed by atoms with Gasteiger partial charge in [0, 0.05) is 6.54 Å². The lowest BCUT2D eigenvalue weighted by Gasteiger charge is -2.28. The fourth-order valence-corrected chi connectivity index (χ4v) is 3.97. The Bertz CT molecular complexity index is 921. The molecule has 0 radical (unpaired) electrons. The van der Waals surface area contributed by atoms with Crippen LogP contribution in [0.25, 0.3) is 0 Å². The average Bonchev–Trinajstić information content (AvgIpc) is 2.81. The van der Waals surface area contributed by atoms with Crippen molar-refractivity contribution in [1.82, 2.24) is 5.32 Å². The second-order valence-electron chi connectivity index (χ2n) is 7.90. The summed E-state index contributed by atoms with van der Waals surface area (Å²) < 4.78 is 11.9. The van der Waals surface area contributed by atoms with Crippen LogP contribution in [-0.4, -0.2) is 13.2 Å². The number of fused-ring (bicyclic) bond motifs is 1. The van der Waals surface area contributed by atoms with Crippen LogP contribution in [0.5, 0.6) is 11.5 Å². The highest BCUT2D eigenvalue weighted by atomic mass is 16.5. The summed E-state index contributed by atoms with van der Waals surface area (Å²) in [6, 6.07) is 25.6. The lowest BCUT2D eigenvalue weighted by atomic mass is 9.89. The minimum atomic E-state index is 0.214. The second kappa shape index (κ2) is 10.3. The van der Waals surface area contributed by atoms with Crippen LogP contribution in [0.1, 0.15) is 54.5 Å². The number of ether oxygens (including phenoxy) is 2. The van der Waals surface area contributed by atoms with Gasteiger partial charge in [0.1, 0.15) is 18.1 Å². The van der Waals surface area contributed by atoms with Gasteiger partial charge in [-0.1, -0.05) is 68.3 Å². The van der Waals surface area contributed by atoms with Gasteiger partial charge in [-0.15, -0.1) is 0 Å². The molecule has 1 unspecified atom stereocenters. The van der Waals surface area contributed by atoms with Gasteiger partial charge in [-0.3, -0.25) is 0 Å². The molecule has 4 rings (SSSR count). The number of unbranched alkanes of at least 4 members (excludes halogenated alkanes) is 2. The summed E-state index contributed by atoms with van der Waals surface area (Å²) in [6.45, 7) is 4.57. The molecule has 0 fully saturated rings. The lowest BCUT2D eigenvalue weighted by molar-refractivity contribution is 0.305. The van der Waals surface area contributed by atoms with Crippen LogP contribution in [0.2, 0.25) is 0 Å². The van der Waals surface area contributed by atoms with Crippen molar-refractivity contribution in [1.29, 1.82) is 0 Å². The normalized spacial score (nSPS) is 15.4. The molecule has 0 bridgehead atoms. The van der Waals surface area contributed by atoms with Crippen molar-refractivity contribution in [2.75, 3.05) is 13.2 Å². The first kappa shape index (κ1) is 20.5. The zero-order chi connectivity index (χ0) is 20.6. The van der Waals surface area contributed by atoms with Gasteiger partial charge in [0.15, 0.2) is 0 Å². The molecule has 1 heterocycles. The Kier molecular flexibility index (Phi) is 7.04. The lowest BCUT2D eigenvalue weighted by Crippen LogP contribution is -2.30. The highest BCUT2D eigenvalue weighted by molar-refractivity contribution is 5.44. The van der Waals surface area contributed by atoms with Gasteiger partial charge in [-0.25, -0.2) is 0 Å². The van der Waals surface area contributed by atoms with Crippen molar-refractivity contribution in [3.8, 4) is 11.5 Å². The second-order valence-corrected chi connectivity index (χ2v) is 7.90. The topological polar surface area (TPSA) is 30.5 Å². The number of hydrogen-bond donors (Lipinski definition) is 1. The summed E-state index contributed by atoms with van der Waals surface area (Å²) in [5.41, 5.74) is 5.16. The van der Waals surface area contributed by atoms with Gasteiger partial charge in [0.25, 0.3) is 0 Å². The molecule has 0 saturated carbocycles. The third-order valence-corrected chi connectivity index (χ3v) is 5.65. The molecule has 3 aromatic carbocycles. The third kappa shape index (κ3) is 5.22. The van der Waals surface area contributed by atoms with Gasteiger partial charge in [-0.05, 0) is 59.4 Å². The Morgan fingerprint density at radius 3 is 2.47 bits per heavy atom. The van der Waals surface area contributed by atoms with Crippen molar-refractivity contribution in [2.45, 2.75) is 45.3 Å². The number of hydrogen-bond acceptors (Lipinski definition) is 3. The molecule has 1 N–H and O–H groups in total. The van der Waals surface area contributed by atoms with Gasteiger partial charge in [-0.2, -0.15) is 0 Å². The molecule has 30 heavy (non-hydrogen) atoms. The molecule has 0 saturated heterocycles. The zero-order valence-electron chi connectivity index (χ0n) is 17.8. The molecular formula is C27H31NO2. The minimum absolute atomic E-state index is 0.214. The van der Waals surface area contributed by atoms with E-state index in [4.69, 9.17) is 9.47 Å². The Hall–Kier alpha value is -2.78. The standard InChI is InChI=1S/C27H31NO2/c1-2-3-7-18-29-24-12-10-22(11-13-24)27-26-15-14-25(19-23(26)16-17-28-27)30-20-21-8-5-4-6-9-21/h4-6,8-15,19,27-28H,2-3,7,16-18,20H2,1H3. The Morgan fingerprint density at radius 1 is 0.867 bits per heavy atom. The van der Waals surface area contributed by atoms with Crippen LogP contribution in [0, 0.1) is 0 Å². The van der Waals surface area contributed by atoms with E-state index in [9.17, 15) is 0 Å². The predicted molar refractivity (Wildman–Crippen MR) is 122 cm³/mol. The fraction of sp³-hybridized carbons (Fsp3) is 0.333. The maximum Gasteiger partial charge on any atom is 0.120 e. The van der Waals surface area contributed by atoms with Crippen molar-refractivity contribution in [3.63, 3.8) is 0 Å². The first-order valence-corrected chi connectivity index (χ1v) is 11.1. The number of rotatable bonds is 9. The molecule has 1 aliphatic heterocycles. The van der Waals surface area contributed by atoms with Crippen LogP contribution in [-0.2, 0) is 13.0 Å². The monoisotopic (exact) mass is 401 g/mol. The average molecular weight is 402 g/mol. The van der Waals surface area contributed by atoms with Crippen LogP contribution >= 0.6 is 0 Å².